The maximum absolute atomic E-state index is 10.7. The minimum atomic E-state index is -4.07. The van der Waals surface area contributed by atoms with Crippen molar-refractivity contribution in [2.75, 3.05) is 0 Å². The Balaban J connectivity index is 0. The Morgan fingerprint density at radius 3 is 1.43 bits per heavy atom. The molecule has 0 aliphatic rings. The van der Waals surface area contributed by atoms with Gasteiger partial charge < -0.3 is 6.92 Å². The second kappa shape index (κ2) is 3.75. The molecule has 0 rings (SSSR count). The fraction of sp³-hybridized carbons (Fsp3) is 0.667. The molecule has 0 nitrogen and oxygen atoms in total. The van der Waals surface area contributed by atoms with Crippen molar-refractivity contribution < 1.29 is 42.7 Å². The quantitative estimate of drug-likeness (QED) is 0.277. The van der Waals surface area contributed by atoms with Gasteiger partial charge in [-0.25, -0.2) is 0 Å². The minimum Gasteiger partial charge on any atom is -0.335 e. The molecule has 0 radical (unpaired) electrons. The molecule has 0 saturated heterocycles. The van der Waals surface area contributed by atoms with Gasteiger partial charge in [0.2, 0.25) is 0 Å². The number of rotatable bonds is 0. The molecule has 0 amide bonds. The molecule has 38 valence electrons. The van der Waals surface area contributed by atoms with Gasteiger partial charge in [0.1, 0.15) is 0 Å². The van der Waals surface area contributed by atoms with E-state index in [-0.39, 0.29) is 29.6 Å². The van der Waals surface area contributed by atoms with Crippen LogP contribution in [0.4, 0.5) is 13.2 Å². The summed E-state index contributed by atoms with van der Waals surface area (Å²) in [6.07, 6.45) is -5.05. The van der Waals surface area contributed by atoms with Crippen molar-refractivity contribution in [3.63, 3.8) is 0 Å². The summed E-state index contributed by atoms with van der Waals surface area (Å²) in [5.41, 5.74) is 0. The first-order valence-electron chi connectivity index (χ1n) is 1.42. The summed E-state index contributed by atoms with van der Waals surface area (Å²) in [6.45, 7) is 2.63. The second-order valence-electron chi connectivity index (χ2n) is 0.865. The number of hydrogen-bond donors (Lipinski definition) is 0. The van der Waals surface area contributed by atoms with Crippen molar-refractivity contribution >= 4 is 0 Å². The van der Waals surface area contributed by atoms with Gasteiger partial charge in [-0.05, 0) is 0 Å². The Labute approximate surface area is 62.4 Å². The van der Waals surface area contributed by atoms with Crippen LogP contribution in [0.2, 0.25) is 0 Å². The molecule has 0 aliphatic heterocycles. The molecule has 0 saturated carbocycles. The van der Waals surface area contributed by atoms with Crippen LogP contribution >= 0.6 is 0 Å². The van der Waals surface area contributed by atoms with E-state index in [2.05, 4.69) is 6.92 Å². The van der Waals surface area contributed by atoms with Crippen LogP contribution in [0.15, 0.2) is 0 Å². The van der Waals surface area contributed by atoms with Crippen LogP contribution in [0.25, 0.3) is 0 Å². The summed E-state index contributed by atoms with van der Waals surface area (Å²) in [5, 5.41) is 0. The van der Waals surface area contributed by atoms with E-state index in [4.69, 9.17) is 0 Å². The third-order valence-electron chi connectivity index (χ3n) is 0.283. The predicted molar refractivity (Wildman–Crippen MR) is 16.0 cm³/mol. The van der Waals surface area contributed by atoms with Crippen LogP contribution in [0.1, 0.15) is 6.42 Å². The second-order valence-corrected chi connectivity index (χ2v) is 0.865. The van der Waals surface area contributed by atoms with Gasteiger partial charge in [-0.15, -0.1) is 0 Å². The van der Waals surface area contributed by atoms with Crippen LogP contribution in [-0.2, 0) is 0 Å². The maximum Gasteiger partial charge on any atom is 1.00 e. The molecule has 0 spiro atoms. The van der Waals surface area contributed by atoms with E-state index in [9.17, 15) is 13.2 Å². The molecule has 0 heterocycles. The fourth-order valence-corrected chi connectivity index (χ4v) is 0. The molecule has 0 aromatic rings. The van der Waals surface area contributed by atoms with E-state index in [0.29, 0.717) is 0 Å². The fourth-order valence-electron chi connectivity index (χ4n) is 0. The van der Waals surface area contributed by atoms with E-state index >= 15 is 0 Å². The zero-order valence-corrected chi connectivity index (χ0v) is 6.05. The van der Waals surface area contributed by atoms with Crippen LogP contribution in [0, 0.1) is 6.92 Å². The number of hydrogen-bond acceptors (Lipinski definition) is 0. The molecular formula is C3H4F3Na. The van der Waals surface area contributed by atoms with Gasteiger partial charge in [0.25, 0.3) is 0 Å². The number of alkyl halides is 3. The van der Waals surface area contributed by atoms with Crippen molar-refractivity contribution in [2.45, 2.75) is 12.6 Å². The molecule has 7 heavy (non-hydrogen) atoms. The van der Waals surface area contributed by atoms with Gasteiger partial charge in [0.15, 0.2) is 0 Å². The van der Waals surface area contributed by atoms with E-state index in [1.165, 1.54) is 0 Å². The van der Waals surface area contributed by atoms with Crippen molar-refractivity contribution in [2.24, 2.45) is 0 Å². The molecule has 0 fully saturated rings. The summed E-state index contributed by atoms with van der Waals surface area (Å²) >= 11 is 0. The molecular weight excluding hydrogens is 116 g/mol. The summed E-state index contributed by atoms with van der Waals surface area (Å²) in [6, 6.07) is 0. The Bertz CT molecular complexity index is 39.9. The first-order chi connectivity index (χ1) is 2.56. The molecule has 0 aromatic heterocycles. The SMILES string of the molecule is [CH2-]CC(F)(F)F.[Na+]. The molecule has 0 N–H and O–H groups in total. The third kappa shape index (κ3) is 10.8. The molecule has 0 bridgehead atoms. The Morgan fingerprint density at radius 2 is 1.43 bits per heavy atom. The Kier molecular flexibility index (Phi) is 5.74. The van der Waals surface area contributed by atoms with Crippen LogP contribution in [-0.4, -0.2) is 6.18 Å². The first-order valence-corrected chi connectivity index (χ1v) is 1.42. The number of halogens is 3. The standard InChI is InChI=1S/C3H4F3.Na/c1-2-3(4,5)6;/h1-2H2;/q-1;+1. The van der Waals surface area contributed by atoms with Gasteiger partial charge in [-0.1, -0.05) is 6.42 Å². The van der Waals surface area contributed by atoms with Crippen molar-refractivity contribution in [3.05, 3.63) is 6.92 Å². The third-order valence-corrected chi connectivity index (χ3v) is 0.283. The minimum absolute atomic E-state index is 0. The predicted octanol–water partition coefficient (Wildman–Crippen LogP) is -1.22. The normalized spacial score (nSPS) is 10.3. The van der Waals surface area contributed by atoms with Gasteiger partial charge in [-0.3, -0.25) is 0 Å². The zero-order valence-electron chi connectivity index (χ0n) is 4.05. The van der Waals surface area contributed by atoms with Crippen molar-refractivity contribution in [3.8, 4) is 0 Å². The molecule has 0 aliphatic carbocycles. The summed E-state index contributed by atoms with van der Waals surface area (Å²) in [4.78, 5) is 0. The molecule has 0 atom stereocenters. The van der Waals surface area contributed by atoms with Gasteiger partial charge in [0, 0.05) is 0 Å². The topological polar surface area (TPSA) is 0 Å². The smallest absolute Gasteiger partial charge is 0.335 e. The van der Waals surface area contributed by atoms with Crippen LogP contribution in [0.5, 0.6) is 0 Å². The zero-order chi connectivity index (χ0) is 5.21. The van der Waals surface area contributed by atoms with Gasteiger partial charge in [0.05, 0.1) is 0 Å². The van der Waals surface area contributed by atoms with Crippen LogP contribution in [0.3, 0.4) is 0 Å². The maximum atomic E-state index is 10.7. The van der Waals surface area contributed by atoms with E-state index < -0.39 is 12.6 Å². The van der Waals surface area contributed by atoms with Crippen molar-refractivity contribution in [1.82, 2.24) is 0 Å². The Morgan fingerprint density at radius 1 is 1.29 bits per heavy atom. The summed E-state index contributed by atoms with van der Waals surface area (Å²) in [5.74, 6) is 0. The average molecular weight is 120 g/mol. The van der Waals surface area contributed by atoms with E-state index in [1.54, 1.807) is 0 Å². The Hall–Kier alpha value is 0.790. The monoisotopic (exact) mass is 120 g/mol. The van der Waals surface area contributed by atoms with Gasteiger partial charge in [-0.2, -0.15) is 13.2 Å². The first kappa shape index (κ1) is 10.7. The molecule has 4 heteroatoms. The van der Waals surface area contributed by atoms with Gasteiger partial charge >= 0.3 is 35.7 Å². The average Bonchev–Trinajstić information content (AvgIpc) is 1.35. The summed E-state index contributed by atoms with van der Waals surface area (Å²) < 4.78 is 32.2. The molecule has 0 aromatic carbocycles. The largest absolute Gasteiger partial charge is 1.00 e. The molecule has 0 unspecified atom stereocenters. The summed E-state index contributed by atoms with van der Waals surface area (Å²) in [7, 11) is 0. The van der Waals surface area contributed by atoms with Crippen LogP contribution < -0.4 is 29.6 Å². The van der Waals surface area contributed by atoms with E-state index in [0.717, 1.165) is 0 Å². The van der Waals surface area contributed by atoms with Crippen molar-refractivity contribution in [1.29, 1.82) is 0 Å². The van der Waals surface area contributed by atoms with E-state index in [1.807, 2.05) is 0 Å².